The first-order chi connectivity index (χ1) is 17.9. The van der Waals surface area contributed by atoms with Gasteiger partial charge in [-0.25, -0.2) is 14.8 Å². The average Bonchev–Trinajstić information content (AvgIpc) is 2.92. The van der Waals surface area contributed by atoms with Gasteiger partial charge in [-0.15, -0.1) is 0 Å². The van der Waals surface area contributed by atoms with Crippen LogP contribution in [0.5, 0.6) is 0 Å². The Labute approximate surface area is 211 Å². The van der Waals surface area contributed by atoms with Crippen LogP contribution in [0.15, 0.2) is 85.2 Å². The summed E-state index contributed by atoms with van der Waals surface area (Å²) >= 11 is 0. The number of carbonyl (C=O) groups is 4. The van der Waals surface area contributed by atoms with Crippen LogP contribution in [0, 0.1) is 0 Å². The van der Waals surface area contributed by atoms with Crippen LogP contribution in [0.4, 0.5) is 17.3 Å². The molecule has 9 nitrogen and oxygen atoms in total. The zero-order valence-corrected chi connectivity index (χ0v) is 19.6. The van der Waals surface area contributed by atoms with Crippen LogP contribution in [0.2, 0.25) is 0 Å². The number of ether oxygens (including phenoxy) is 1. The topological polar surface area (TPSA) is 127 Å². The summed E-state index contributed by atoms with van der Waals surface area (Å²) in [5.41, 5.74) is 1.87. The third-order valence-electron chi connectivity index (χ3n) is 5.78. The molecule has 0 aliphatic heterocycles. The molecule has 1 atom stereocenters. The summed E-state index contributed by atoms with van der Waals surface area (Å²) in [4.78, 5) is 59.8. The summed E-state index contributed by atoms with van der Waals surface area (Å²) in [7, 11) is 0. The Balaban J connectivity index is 1.30. The molecule has 0 spiro atoms. The lowest BCUT2D eigenvalue weighted by atomic mass is 9.83. The van der Waals surface area contributed by atoms with Gasteiger partial charge in [-0.3, -0.25) is 14.4 Å². The number of benzene rings is 3. The largest absolute Gasteiger partial charge is 0.449 e. The van der Waals surface area contributed by atoms with Gasteiger partial charge in [-0.1, -0.05) is 42.5 Å². The van der Waals surface area contributed by atoms with Crippen LogP contribution >= 0.6 is 0 Å². The molecule has 1 amide bonds. The third kappa shape index (κ3) is 4.70. The van der Waals surface area contributed by atoms with Gasteiger partial charge in [0.25, 0.3) is 5.91 Å². The van der Waals surface area contributed by atoms with E-state index in [-0.39, 0.29) is 39.5 Å². The number of rotatable bonds is 6. The number of esters is 1. The van der Waals surface area contributed by atoms with Crippen molar-refractivity contribution in [2.75, 3.05) is 10.6 Å². The van der Waals surface area contributed by atoms with E-state index < -0.39 is 18.0 Å². The van der Waals surface area contributed by atoms with E-state index in [0.717, 1.165) is 0 Å². The fourth-order valence-electron chi connectivity index (χ4n) is 3.98. The number of carbonyl (C=O) groups excluding carboxylic acids is 4. The summed E-state index contributed by atoms with van der Waals surface area (Å²) in [6, 6.07) is 19.4. The second-order valence-corrected chi connectivity index (χ2v) is 8.25. The van der Waals surface area contributed by atoms with Crippen LogP contribution in [-0.4, -0.2) is 39.5 Å². The number of fused-ring (bicyclic) bond motifs is 2. The zero-order chi connectivity index (χ0) is 25.9. The van der Waals surface area contributed by atoms with E-state index >= 15 is 0 Å². The molecule has 0 saturated carbocycles. The van der Waals surface area contributed by atoms with Crippen molar-refractivity contribution >= 4 is 40.8 Å². The molecule has 1 heterocycles. The Hall–Kier alpha value is -5.18. The monoisotopic (exact) mass is 492 g/mol. The number of nitrogens with one attached hydrogen (secondary N) is 2. The molecule has 2 N–H and O–H groups in total. The van der Waals surface area contributed by atoms with E-state index in [0.29, 0.717) is 17.2 Å². The smallest absolute Gasteiger partial charge is 0.338 e. The van der Waals surface area contributed by atoms with Crippen molar-refractivity contribution < 1.29 is 23.9 Å². The summed E-state index contributed by atoms with van der Waals surface area (Å²) in [6.45, 7) is 1.42. The van der Waals surface area contributed by atoms with Crippen LogP contribution in [0.3, 0.4) is 0 Å². The van der Waals surface area contributed by atoms with E-state index in [1.807, 2.05) is 0 Å². The van der Waals surface area contributed by atoms with Gasteiger partial charge in [0.15, 0.2) is 17.7 Å². The molecule has 4 aromatic rings. The zero-order valence-electron chi connectivity index (χ0n) is 19.6. The van der Waals surface area contributed by atoms with Gasteiger partial charge in [0, 0.05) is 34.8 Å². The van der Waals surface area contributed by atoms with Gasteiger partial charge in [0.05, 0.1) is 16.8 Å². The maximum absolute atomic E-state index is 13.1. The van der Waals surface area contributed by atoms with Crippen LogP contribution in [0.1, 0.15) is 49.1 Å². The molecule has 1 aliphatic rings. The lowest BCUT2D eigenvalue weighted by Gasteiger charge is -2.21. The number of hydrogen-bond acceptors (Lipinski definition) is 8. The van der Waals surface area contributed by atoms with E-state index in [9.17, 15) is 19.2 Å². The predicted molar refractivity (Wildman–Crippen MR) is 135 cm³/mol. The van der Waals surface area contributed by atoms with E-state index in [1.165, 1.54) is 13.0 Å². The summed E-state index contributed by atoms with van der Waals surface area (Å²) in [5, 5.41) is 5.62. The Morgan fingerprint density at radius 1 is 0.811 bits per heavy atom. The fourth-order valence-corrected chi connectivity index (χ4v) is 3.98. The van der Waals surface area contributed by atoms with Gasteiger partial charge in [-0.05, 0) is 37.3 Å². The number of amides is 1. The Bertz CT molecular complexity index is 1550. The first-order valence-electron chi connectivity index (χ1n) is 11.4. The van der Waals surface area contributed by atoms with E-state index in [4.69, 9.17) is 4.74 Å². The highest BCUT2D eigenvalue weighted by molar-refractivity contribution is 6.30. The molecule has 0 fully saturated rings. The molecule has 0 radical (unpaired) electrons. The van der Waals surface area contributed by atoms with Gasteiger partial charge < -0.3 is 15.4 Å². The Morgan fingerprint density at radius 2 is 1.49 bits per heavy atom. The Morgan fingerprint density at radius 3 is 2.24 bits per heavy atom. The minimum Gasteiger partial charge on any atom is -0.449 e. The van der Waals surface area contributed by atoms with E-state index in [1.54, 1.807) is 79.1 Å². The lowest BCUT2D eigenvalue weighted by molar-refractivity contribution is -0.123. The number of anilines is 3. The van der Waals surface area contributed by atoms with Crippen molar-refractivity contribution in [3.8, 4) is 0 Å². The summed E-state index contributed by atoms with van der Waals surface area (Å²) in [5.74, 6) is -1.65. The van der Waals surface area contributed by atoms with Crippen molar-refractivity contribution in [1.82, 2.24) is 9.97 Å². The number of hydrogen-bond donors (Lipinski definition) is 2. The molecule has 37 heavy (non-hydrogen) atoms. The van der Waals surface area contributed by atoms with Gasteiger partial charge >= 0.3 is 5.97 Å². The Kier molecular flexibility index (Phi) is 6.25. The van der Waals surface area contributed by atoms with Gasteiger partial charge in [0.2, 0.25) is 5.95 Å². The lowest BCUT2D eigenvalue weighted by Crippen LogP contribution is -2.31. The molecule has 182 valence electrons. The highest BCUT2D eigenvalue weighted by Gasteiger charge is 2.32. The molecule has 9 heteroatoms. The first-order valence-corrected chi connectivity index (χ1v) is 11.4. The highest BCUT2D eigenvalue weighted by atomic mass is 16.5. The van der Waals surface area contributed by atoms with Crippen molar-refractivity contribution in [1.29, 1.82) is 0 Å². The predicted octanol–water partition coefficient (Wildman–Crippen LogP) is 4.18. The molecule has 0 saturated heterocycles. The summed E-state index contributed by atoms with van der Waals surface area (Å²) in [6.07, 6.45) is 1.98. The molecular weight excluding hydrogens is 472 g/mol. The van der Waals surface area contributed by atoms with Crippen molar-refractivity contribution in [2.45, 2.75) is 13.0 Å². The van der Waals surface area contributed by atoms with E-state index in [2.05, 4.69) is 20.6 Å². The molecular formula is C28H20N4O5. The quantitative estimate of drug-likeness (QED) is 0.338. The maximum Gasteiger partial charge on any atom is 0.338 e. The number of aromatic nitrogens is 2. The third-order valence-corrected chi connectivity index (χ3v) is 5.78. The van der Waals surface area contributed by atoms with Gasteiger partial charge in [-0.2, -0.15) is 0 Å². The minimum absolute atomic E-state index is 0.111. The second kappa shape index (κ2) is 9.82. The molecule has 5 rings (SSSR count). The highest BCUT2D eigenvalue weighted by Crippen LogP contribution is 2.32. The van der Waals surface area contributed by atoms with Crippen LogP contribution < -0.4 is 10.6 Å². The van der Waals surface area contributed by atoms with Crippen molar-refractivity contribution in [3.63, 3.8) is 0 Å². The molecule has 1 aromatic heterocycles. The SMILES string of the molecule is CC(OC(=O)c1cccc(Nc2ncccn2)c1)C(=O)Nc1cccc2c1C(=O)c1ccccc1C2=O. The van der Waals surface area contributed by atoms with Crippen LogP contribution in [0.25, 0.3) is 0 Å². The first kappa shape index (κ1) is 23.6. The molecule has 1 unspecified atom stereocenters. The van der Waals surface area contributed by atoms with Crippen molar-refractivity contribution in [2.24, 2.45) is 0 Å². The summed E-state index contributed by atoms with van der Waals surface area (Å²) < 4.78 is 5.36. The fraction of sp³-hybridized carbons (Fsp3) is 0.0714. The number of ketones is 2. The minimum atomic E-state index is -1.18. The normalized spacial score (nSPS) is 12.7. The number of nitrogens with zero attached hydrogens (tertiary/aromatic N) is 2. The standard InChI is InChI=1S/C28H20N4O5/c1-16(37-27(36)17-7-4-8-18(15-17)31-28-29-13-6-14-30-28)26(35)32-22-12-5-11-21-23(22)25(34)20-10-3-2-9-19(20)24(21)33/h2-16H,1H3,(H,32,35)(H,29,30,31). The van der Waals surface area contributed by atoms with Crippen molar-refractivity contribution in [3.05, 3.63) is 113 Å². The maximum atomic E-state index is 13.1. The molecule has 0 bridgehead atoms. The van der Waals surface area contributed by atoms with Gasteiger partial charge in [0.1, 0.15) is 0 Å². The van der Waals surface area contributed by atoms with Crippen LogP contribution in [-0.2, 0) is 9.53 Å². The molecule has 3 aromatic carbocycles. The molecule has 1 aliphatic carbocycles. The average molecular weight is 492 g/mol. The second-order valence-electron chi connectivity index (χ2n) is 8.25.